The molecule has 0 radical (unpaired) electrons. The Kier molecular flexibility index (Phi) is 36.2. The predicted molar refractivity (Wildman–Crippen MR) is 19.0 cm³/mol. The first-order valence-electron chi connectivity index (χ1n) is 0.901. The van der Waals surface area contributed by atoms with E-state index in [0.29, 0.717) is 16.2 Å². The SMILES string of the molecule is O=C([O-])[O-].[Mg+2].[O]=[AlH]. The second-order valence-corrected chi connectivity index (χ2v) is 0.250. The van der Waals surface area contributed by atoms with Crippen molar-refractivity contribution in [2.24, 2.45) is 0 Å². The van der Waals surface area contributed by atoms with Crippen LogP contribution in [-0.4, -0.2) is 45.4 Å². The van der Waals surface area contributed by atoms with Gasteiger partial charge in [0.05, 0.1) is 0 Å². The Hall–Kier alpha value is 0.369. The molecule has 0 amide bonds. The van der Waals surface area contributed by atoms with Gasteiger partial charge in [0.1, 0.15) is 0 Å². The Morgan fingerprint density at radius 3 is 1.29 bits per heavy atom. The first-order chi connectivity index (χ1) is 2.73. The van der Waals surface area contributed by atoms with Gasteiger partial charge < -0.3 is 15.0 Å². The summed E-state index contributed by atoms with van der Waals surface area (Å²) in [6.07, 6.45) is -2.33. The summed E-state index contributed by atoms with van der Waals surface area (Å²) in [5.41, 5.74) is 0. The molecule has 0 spiro atoms. The average Bonchev–Trinajstić information content (AvgIpc) is 1.41. The first kappa shape index (κ1) is 15.7. The predicted octanol–water partition coefficient (Wildman–Crippen LogP) is -3.60. The molecule has 0 aliphatic heterocycles. The van der Waals surface area contributed by atoms with Crippen LogP contribution in [0.4, 0.5) is 4.79 Å². The molecule has 0 rings (SSSR count). The van der Waals surface area contributed by atoms with Crippen molar-refractivity contribution in [2.45, 2.75) is 0 Å². The number of carbonyl (C=O) groups excluding carboxylic acids is 1. The molecule has 0 bridgehead atoms. The number of carboxylic acid groups (broad SMARTS) is 2. The summed E-state index contributed by atoms with van der Waals surface area (Å²) in [7, 11) is 0. The molecule has 6 heteroatoms. The van der Waals surface area contributed by atoms with Gasteiger partial charge in [0.15, 0.2) is 0 Å². The van der Waals surface area contributed by atoms with E-state index in [1.165, 1.54) is 0 Å². The van der Waals surface area contributed by atoms with E-state index in [2.05, 4.69) is 0 Å². The molecule has 0 unspecified atom stereocenters. The fraction of sp³-hybridized carbons (Fsp3) is 0. The molecule has 0 aromatic rings. The van der Waals surface area contributed by atoms with Crippen LogP contribution in [0.15, 0.2) is 0 Å². The van der Waals surface area contributed by atoms with Crippen LogP contribution in [0.1, 0.15) is 0 Å². The van der Waals surface area contributed by atoms with Gasteiger partial charge in [0.25, 0.3) is 0 Å². The van der Waals surface area contributed by atoms with Crippen molar-refractivity contribution in [3.63, 3.8) is 0 Å². The van der Waals surface area contributed by atoms with Gasteiger partial charge in [-0.15, -0.1) is 0 Å². The Morgan fingerprint density at radius 2 is 1.29 bits per heavy atom. The summed E-state index contributed by atoms with van der Waals surface area (Å²) in [6.45, 7) is 0. The van der Waals surface area contributed by atoms with Crippen LogP contribution < -0.4 is 10.2 Å². The summed E-state index contributed by atoms with van der Waals surface area (Å²) in [5, 5.41) is 16.7. The van der Waals surface area contributed by atoms with Crippen LogP contribution in [0.2, 0.25) is 0 Å². The quantitative estimate of drug-likeness (QED) is 0.316. The van der Waals surface area contributed by atoms with Crippen molar-refractivity contribution < 1.29 is 18.8 Å². The normalized spacial score (nSPS) is 3.86. The van der Waals surface area contributed by atoms with Gasteiger partial charge in [-0.3, -0.25) is 0 Å². The van der Waals surface area contributed by atoms with Crippen LogP contribution in [0, 0.1) is 0 Å². The second kappa shape index (κ2) is 16.2. The fourth-order valence-corrected chi connectivity index (χ4v) is 0. The van der Waals surface area contributed by atoms with E-state index in [0.717, 1.165) is 0 Å². The van der Waals surface area contributed by atoms with Crippen molar-refractivity contribution in [1.82, 2.24) is 0 Å². The molecule has 0 N–H and O–H groups in total. The molecule has 0 heterocycles. The van der Waals surface area contributed by atoms with Crippen LogP contribution in [-0.2, 0) is 3.80 Å². The molecule has 34 valence electrons. The summed E-state index contributed by atoms with van der Waals surface area (Å²) in [4.78, 5) is 8.33. The maximum absolute atomic E-state index is 8.33. The molecular weight excluding hydrogens is 127 g/mol. The monoisotopic (exact) mass is 128 g/mol. The third-order valence-electron chi connectivity index (χ3n) is 0. The van der Waals surface area contributed by atoms with E-state index in [9.17, 15) is 0 Å². The van der Waals surface area contributed by atoms with Gasteiger partial charge in [-0.2, -0.15) is 0 Å². The second-order valence-electron chi connectivity index (χ2n) is 0.250. The molecule has 0 saturated heterocycles. The molecule has 0 aliphatic rings. The maximum atomic E-state index is 8.33. The van der Waals surface area contributed by atoms with Crippen molar-refractivity contribution in [2.75, 3.05) is 0 Å². The Balaban J connectivity index is -0.0000000480. The van der Waals surface area contributed by atoms with Gasteiger partial charge in [-0.1, -0.05) is 0 Å². The van der Waals surface area contributed by atoms with Crippen LogP contribution in [0.5, 0.6) is 0 Å². The van der Waals surface area contributed by atoms with Crippen LogP contribution >= 0.6 is 0 Å². The molecule has 0 aromatic heterocycles. The molecule has 4 nitrogen and oxygen atoms in total. The van der Waals surface area contributed by atoms with Crippen molar-refractivity contribution in [1.29, 1.82) is 0 Å². The van der Waals surface area contributed by atoms with E-state index in [4.69, 9.17) is 18.8 Å². The van der Waals surface area contributed by atoms with Crippen molar-refractivity contribution in [3.8, 4) is 0 Å². The fourth-order valence-electron chi connectivity index (χ4n) is 0. The number of carbonyl (C=O) groups is 1. The zero-order chi connectivity index (χ0) is 5.58. The van der Waals surface area contributed by atoms with Gasteiger partial charge in [-0.05, 0) is 6.16 Å². The van der Waals surface area contributed by atoms with E-state index < -0.39 is 6.16 Å². The van der Waals surface area contributed by atoms with Gasteiger partial charge in [-0.25, -0.2) is 0 Å². The van der Waals surface area contributed by atoms with E-state index in [1.807, 2.05) is 0 Å². The average molecular weight is 128 g/mol. The minimum atomic E-state index is -2.33. The zero-order valence-corrected chi connectivity index (χ0v) is 6.38. The summed E-state index contributed by atoms with van der Waals surface area (Å²) in [5.74, 6) is 0. The Bertz CT molecular complexity index is 43.0. The molecule has 7 heavy (non-hydrogen) atoms. The third kappa shape index (κ3) is 894. The van der Waals surface area contributed by atoms with Crippen molar-refractivity contribution in [3.05, 3.63) is 0 Å². The Labute approximate surface area is 64.3 Å². The molecule has 0 aromatic carbocycles. The molecule has 0 aliphatic carbocycles. The van der Waals surface area contributed by atoms with Crippen molar-refractivity contribution >= 4 is 45.4 Å². The summed E-state index contributed by atoms with van der Waals surface area (Å²) >= 11 is 0.611. The Morgan fingerprint density at radius 1 is 1.29 bits per heavy atom. The topological polar surface area (TPSA) is 80.3 Å². The molecular formula is CHAlMgO4. The third-order valence-corrected chi connectivity index (χ3v) is 0. The number of rotatable bonds is 0. The number of hydrogen-bond acceptors (Lipinski definition) is 4. The van der Waals surface area contributed by atoms with Crippen LogP contribution in [0.3, 0.4) is 0 Å². The first-order valence-corrected chi connectivity index (χ1v) is 1.48. The molecule has 0 atom stereocenters. The van der Waals surface area contributed by atoms with Gasteiger partial charge in [0, 0.05) is 0 Å². The summed E-state index contributed by atoms with van der Waals surface area (Å²) in [6, 6.07) is 0. The minimum absolute atomic E-state index is 0. The number of hydrogen-bond donors (Lipinski definition) is 0. The van der Waals surface area contributed by atoms with E-state index in [1.54, 1.807) is 0 Å². The molecule has 0 fully saturated rings. The van der Waals surface area contributed by atoms with Gasteiger partial charge >= 0.3 is 43.1 Å². The van der Waals surface area contributed by atoms with Crippen LogP contribution in [0.25, 0.3) is 0 Å². The van der Waals surface area contributed by atoms with E-state index >= 15 is 0 Å². The standard InChI is InChI=1S/CH2O3.Al.Mg.O.H/c2-1(3)4;;;;/h(H2,2,3,4);;;;/q;;+2;;/p-2. The summed E-state index contributed by atoms with van der Waals surface area (Å²) < 4.78 is 8.28. The van der Waals surface area contributed by atoms with E-state index in [-0.39, 0.29) is 23.1 Å². The molecule has 0 saturated carbocycles. The van der Waals surface area contributed by atoms with Gasteiger partial charge in [0.2, 0.25) is 0 Å². The zero-order valence-electron chi connectivity index (χ0n) is 3.55.